The first-order chi connectivity index (χ1) is 10.7. The number of thioether (sulfide) groups is 1. The van der Waals surface area contributed by atoms with Crippen LogP contribution < -0.4 is 5.32 Å². The van der Waals surface area contributed by atoms with Gasteiger partial charge in [-0.05, 0) is 25.2 Å². The number of fused-ring (bicyclic) bond motifs is 1. The Morgan fingerprint density at radius 3 is 2.91 bits per heavy atom. The Morgan fingerprint density at radius 1 is 1.41 bits per heavy atom. The highest BCUT2D eigenvalue weighted by molar-refractivity contribution is 7.99. The molecule has 1 aromatic rings. The molecular formula is C15H22N4O2S. The second-order valence-electron chi connectivity index (χ2n) is 5.98. The van der Waals surface area contributed by atoms with Gasteiger partial charge in [0.15, 0.2) is 0 Å². The fourth-order valence-corrected chi connectivity index (χ4v) is 3.69. The van der Waals surface area contributed by atoms with E-state index in [1.165, 1.54) is 24.6 Å². The maximum Gasteiger partial charge on any atom is 0.246 e. The molecule has 0 aromatic carbocycles. The summed E-state index contributed by atoms with van der Waals surface area (Å²) >= 11 is 1.51. The Balaban J connectivity index is 1.74. The van der Waals surface area contributed by atoms with Crippen LogP contribution in [0.3, 0.4) is 0 Å². The van der Waals surface area contributed by atoms with Crippen LogP contribution in [0.2, 0.25) is 0 Å². The quantitative estimate of drug-likeness (QED) is 0.904. The smallest absolute Gasteiger partial charge is 0.246 e. The first kappa shape index (κ1) is 15.4. The molecule has 0 bridgehead atoms. The molecule has 0 saturated heterocycles. The minimum absolute atomic E-state index is 0.0153. The van der Waals surface area contributed by atoms with Gasteiger partial charge in [0.05, 0.1) is 24.5 Å². The lowest BCUT2D eigenvalue weighted by atomic mass is 10.1. The summed E-state index contributed by atoms with van der Waals surface area (Å²) in [6, 6.07) is 1.75. The minimum atomic E-state index is -0.412. The van der Waals surface area contributed by atoms with Crippen LogP contribution in [-0.4, -0.2) is 51.1 Å². The van der Waals surface area contributed by atoms with Crippen LogP contribution in [0.25, 0.3) is 0 Å². The number of hydrogen-bond acceptors (Lipinski definition) is 4. The Hall–Kier alpha value is -1.50. The summed E-state index contributed by atoms with van der Waals surface area (Å²) in [4.78, 5) is 26.6. The van der Waals surface area contributed by atoms with E-state index in [9.17, 15) is 9.59 Å². The number of nitrogens with zero attached hydrogens (tertiary/aromatic N) is 3. The van der Waals surface area contributed by atoms with Crippen LogP contribution in [0.4, 0.5) is 0 Å². The average molecular weight is 322 g/mol. The van der Waals surface area contributed by atoms with Crippen LogP contribution in [-0.2, 0) is 16.1 Å². The Bertz CT molecular complexity index is 553. The molecule has 1 N–H and O–H groups in total. The van der Waals surface area contributed by atoms with E-state index < -0.39 is 6.04 Å². The summed E-state index contributed by atoms with van der Waals surface area (Å²) in [5.41, 5.74) is 0.923. The Labute approximate surface area is 134 Å². The number of rotatable bonds is 4. The lowest BCUT2D eigenvalue weighted by Gasteiger charge is -2.33. The van der Waals surface area contributed by atoms with Crippen molar-refractivity contribution in [2.75, 3.05) is 18.6 Å². The van der Waals surface area contributed by atoms with Crippen molar-refractivity contribution in [3.63, 3.8) is 0 Å². The first-order valence-electron chi connectivity index (χ1n) is 7.78. The van der Waals surface area contributed by atoms with E-state index in [0.29, 0.717) is 18.8 Å². The van der Waals surface area contributed by atoms with E-state index in [0.717, 1.165) is 18.5 Å². The Kier molecular flexibility index (Phi) is 4.71. The normalized spacial score (nSPS) is 21.7. The molecule has 1 aliphatic carbocycles. The minimum Gasteiger partial charge on any atom is -0.351 e. The fraction of sp³-hybridized carbons (Fsp3) is 0.667. The lowest BCUT2D eigenvalue weighted by Crippen LogP contribution is -2.49. The molecule has 1 aliphatic heterocycles. The third-order valence-corrected chi connectivity index (χ3v) is 4.95. The molecule has 7 heteroatoms. The summed E-state index contributed by atoms with van der Waals surface area (Å²) in [7, 11) is 0. The van der Waals surface area contributed by atoms with E-state index in [1.807, 2.05) is 12.3 Å². The van der Waals surface area contributed by atoms with Gasteiger partial charge in [0, 0.05) is 12.2 Å². The van der Waals surface area contributed by atoms with Crippen molar-refractivity contribution >= 4 is 23.6 Å². The van der Waals surface area contributed by atoms with Gasteiger partial charge in [-0.25, -0.2) is 0 Å². The fourth-order valence-electron chi connectivity index (χ4n) is 3.26. The standard InChI is InChI=1S/C15H22N4O2S/c1-22-10-14(20)18-8-12-6-7-16-19(12)13(9-18)15(21)17-11-4-2-3-5-11/h6-7,11,13H,2-5,8-10H2,1H3,(H,17,21)/t13-/m1/s1. The van der Waals surface area contributed by atoms with Gasteiger partial charge in [-0.1, -0.05) is 12.8 Å². The van der Waals surface area contributed by atoms with Gasteiger partial charge in [-0.2, -0.15) is 16.9 Å². The van der Waals surface area contributed by atoms with Gasteiger partial charge >= 0.3 is 0 Å². The van der Waals surface area contributed by atoms with Crippen LogP contribution in [0, 0.1) is 0 Å². The molecule has 1 fully saturated rings. The van der Waals surface area contributed by atoms with E-state index in [2.05, 4.69) is 10.4 Å². The summed E-state index contributed by atoms with van der Waals surface area (Å²) in [6.45, 7) is 0.944. The van der Waals surface area contributed by atoms with Crippen molar-refractivity contribution in [3.05, 3.63) is 18.0 Å². The van der Waals surface area contributed by atoms with Crippen LogP contribution in [0.15, 0.2) is 12.3 Å². The molecule has 120 valence electrons. The molecule has 0 radical (unpaired) electrons. The predicted octanol–water partition coefficient (Wildman–Crippen LogP) is 1.19. The molecule has 6 nitrogen and oxygen atoms in total. The molecule has 2 heterocycles. The number of carbonyl (C=O) groups is 2. The zero-order valence-electron chi connectivity index (χ0n) is 12.8. The highest BCUT2D eigenvalue weighted by Gasteiger charge is 2.33. The maximum atomic E-state index is 12.6. The van der Waals surface area contributed by atoms with Gasteiger partial charge in [0.25, 0.3) is 0 Å². The van der Waals surface area contributed by atoms with Crippen molar-refractivity contribution in [3.8, 4) is 0 Å². The van der Waals surface area contributed by atoms with Gasteiger partial charge < -0.3 is 10.2 Å². The third-order valence-electron chi connectivity index (χ3n) is 4.42. The zero-order valence-corrected chi connectivity index (χ0v) is 13.6. The summed E-state index contributed by atoms with van der Waals surface area (Å²) in [5.74, 6) is 0.516. The average Bonchev–Trinajstić information content (AvgIpc) is 3.16. The topological polar surface area (TPSA) is 67.2 Å². The maximum absolute atomic E-state index is 12.6. The van der Waals surface area contributed by atoms with E-state index in [4.69, 9.17) is 0 Å². The molecule has 2 amide bonds. The van der Waals surface area contributed by atoms with E-state index in [-0.39, 0.29) is 17.9 Å². The summed E-state index contributed by atoms with van der Waals surface area (Å²) in [6.07, 6.45) is 8.09. The first-order valence-corrected chi connectivity index (χ1v) is 9.18. The zero-order chi connectivity index (χ0) is 15.5. The molecule has 2 aliphatic rings. The van der Waals surface area contributed by atoms with Crippen molar-refractivity contribution in [2.45, 2.75) is 44.3 Å². The number of carbonyl (C=O) groups excluding carboxylic acids is 2. The second-order valence-corrected chi connectivity index (χ2v) is 6.85. The van der Waals surface area contributed by atoms with Crippen molar-refractivity contribution in [1.29, 1.82) is 0 Å². The predicted molar refractivity (Wildman–Crippen MR) is 85.5 cm³/mol. The van der Waals surface area contributed by atoms with Gasteiger partial charge in [0.1, 0.15) is 6.04 Å². The molecule has 1 saturated carbocycles. The molecule has 3 rings (SSSR count). The summed E-state index contributed by atoms with van der Waals surface area (Å²) < 4.78 is 1.77. The third kappa shape index (κ3) is 3.14. The van der Waals surface area contributed by atoms with E-state index >= 15 is 0 Å². The SMILES string of the molecule is CSCC(=O)N1Cc2ccnn2[C@@H](C(=O)NC2CCCC2)C1. The molecule has 0 spiro atoms. The van der Waals surface area contributed by atoms with Crippen LogP contribution in [0.1, 0.15) is 37.4 Å². The van der Waals surface area contributed by atoms with Crippen LogP contribution in [0.5, 0.6) is 0 Å². The molecule has 1 atom stereocenters. The number of aromatic nitrogens is 2. The highest BCUT2D eigenvalue weighted by Crippen LogP contribution is 2.23. The Morgan fingerprint density at radius 2 is 2.18 bits per heavy atom. The summed E-state index contributed by atoms with van der Waals surface area (Å²) in [5, 5.41) is 7.41. The molecule has 22 heavy (non-hydrogen) atoms. The highest BCUT2D eigenvalue weighted by atomic mass is 32.2. The molecule has 1 aromatic heterocycles. The van der Waals surface area contributed by atoms with Gasteiger partial charge in [-0.3, -0.25) is 14.3 Å². The number of nitrogens with one attached hydrogen (secondary N) is 1. The van der Waals surface area contributed by atoms with Crippen molar-refractivity contribution < 1.29 is 9.59 Å². The molecule has 0 unspecified atom stereocenters. The molecular weight excluding hydrogens is 300 g/mol. The van der Waals surface area contributed by atoms with Gasteiger partial charge in [-0.15, -0.1) is 0 Å². The van der Waals surface area contributed by atoms with Crippen molar-refractivity contribution in [2.24, 2.45) is 0 Å². The number of amides is 2. The van der Waals surface area contributed by atoms with Gasteiger partial charge in [0.2, 0.25) is 11.8 Å². The van der Waals surface area contributed by atoms with Crippen LogP contribution >= 0.6 is 11.8 Å². The monoisotopic (exact) mass is 322 g/mol. The largest absolute Gasteiger partial charge is 0.351 e. The second kappa shape index (κ2) is 6.73. The van der Waals surface area contributed by atoms with E-state index in [1.54, 1.807) is 15.8 Å². The lowest BCUT2D eigenvalue weighted by molar-refractivity contribution is -0.133. The van der Waals surface area contributed by atoms with Crippen molar-refractivity contribution in [1.82, 2.24) is 20.0 Å². The number of hydrogen-bond donors (Lipinski definition) is 1.